The van der Waals surface area contributed by atoms with E-state index >= 15 is 0 Å². The van der Waals surface area contributed by atoms with Crippen LogP contribution < -0.4 is 4.74 Å². The van der Waals surface area contributed by atoms with Gasteiger partial charge in [0.05, 0.1) is 25.5 Å². The molecule has 1 aromatic carbocycles. The van der Waals surface area contributed by atoms with E-state index in [1.54, 1.807) is 28.8 Å². The molecule has 1 aliphatic rings. The minimum atomic E-state index is -0.446. The Kier molecular flexibility index (Phi) is 6.62. The van der Waals surface area contributed by atoms with Gasteiger partial charge in [0.15, 0.2) is 11.6 Å². The van der Waals surface area contributed by atoms with Crippen LogP contribution in [0.5, 0.6) is 5.75 Å². The van der Waals surface area contributed by atoms with E-state index in [-0.39, 0.29) is 23.5 Å². The molecule has 0 saturated carbocycles. The lowest BCUT2D eigenvalue weighted by atomic mass is 10.2. The van der Waals surface area contributed by atoms with Crippen LogP contribution in [0.15, 0.2) is 23.4 Å². The molecule has 0 aliphatic carbocycles. The van der Waals surface area contributed by atoms with E-state index < -0.39 is 5.82 Å². The van der Waals surface area contributed by atoms with E-state index in [0.29, 0.717) is 23.8 Å². The summed E-state index contributed by atoms with van der Waals surface area (Å²) in [5.41, 5.74) is 0.692. The highest BCUT2D eigenvalue weighted by atomic mass is 32.2. The molecular weight excluding hydrogens is 373 g/mol. The van der Waals surface area contributed by atoms with Crippen LogP contribution in [0.4, 0.5) is 4.39 Å². The number of benzene rings is 1. The normalized spacial score (nSPS) is 16.5. The summed E-state index contributed by atoms with van der Waals surface area (Å²) < 4.78 is 26.0. The van der Waals surface area contributed by atoms with Gasteiger partial charge in [-0.25, -0.2) is 9.07 Å². The average Bonchev–Trinajstić information content (AvgIpc) is 3.32. The number of halogens is 1. The number of carbonyl (C=O) groups is 1. The van der Waals surface area contributed by atoms with Crippen molar-refractivity contribution in [2.75, 3.05) is 26.5 Å². The van der Waals surface area contributed by atoms with Crippen molar-refractivity contribution in [2.24, 2.45) is 0 Å². The second-order valence-electron chi connectivity index (χ2n) is 6.29. The van der Waals surface area contributed by atoms with Crippen molar-refractivity contribution in [2.45, 2.75) is 37.2 Å². The Bertz CT molecular complexity index is 782. The van der Waals surface area contributed by atoms with Crippen molar-refractivity contribution < 1.29 is 18.7 Å². The molecule has 8 nitrogen and oxygen atoms in total. The van der Waals surface area contributed by atoms with Crippen LogP contribution in [0.2, 0.25) is 0 Å². The molecule has 0 radical (unpaired) electrons. The van der Waals surface area contributed by atoms with Crippen LogP contribution in [0.25, 0.3) is 0 Å². The largest absolute Gasteiger partial charge is 0.494 e. The smallest absolute Gasteiger partial charge is 0.233 e. The summed E-state index contributed by atoms with van der Waals surface area (Å²) in [5.74, 6) is -0.163. The van der Waals surface area contributed by atoms with Gasteiger partial charge < -0.3 is 14.4 Å². The number of tetrazole rings is 1. The van der Waals surface area contributed by atoms with Crippen molar-refractivity contribution in [3.05, 3.63) is 29.6 Å². The number of hydrogen-bond acceptors (Lipinski definition) is 7. The molecule has 2 heterocycles. The first kappa shape index (κ1) is 19.6. The number of nitrogens with zero attached hydrogens (tertiary/aromatic N) is 5. The summed E-state index contributed by atoms with van der Waals surface area (Å²) in [5, 5.41) is 12.2. The third-order valence-electron chi connectivity index (χ3n) is 4.29. The number of methoxy groups -OCH3 is 1. The number of carbonyl (C=O) groups excluding carboxylic acids is 1. The zero-order valence-electron chi connectivity index (χ0n) is 15.3. The van der Waals surface area contributed by atoms with E-state index in [9.17, 15) is 9.18 Å². The maximum atomic E-state index is 13.8. The molecule has 27 heavy (non-hydrogen) atoms. The lowest BCUT2D eigenvalue weighted by Gasteiger charge is -2.17. The van der Waals surface area contributed by atoms with E-state index in [4.69, 9.17) is 9.47 Å². The van der Waals surface area contributed by atoms with E-state index in [2.05, 4.69) is 15.5 Å². The summed E-state index contributed by atoms with van der Waals surface area (Å²) in [6, 6.07) is 4.66. The fraction of sp³-hybridized carbons (Fsp3) is 0.529. The highest BCUT2D eigenvalue weighted by Gasteiger charge is 2.20. The first-order chi connectivity index (χ1) is 13.1. The first-order valence-electron chi connectivity index (χ1n) is 8.63. The Labute approximate surface area is 161 Å². The molecule has 1 atom stereocenters. The van der Waals surface area contributed by atoms with Gasteiger partial charge in [0, 0.05) is 20.2 Å². The molecule has 1 saturated heterocycles. The fourth-order valence-corrected chi connectivity index (χ4v) is 3.63. The van der Waals surface area contributed by atoms with Gasteiger partial charge in [0.2, 0.25) is 11.1 Å². The second kappa shape index (κ2) is 9.14. The monoisotopic (exact) mass is 395 g/mol. The van der Waals surface area contributed by atoms with Crippen molar-refractivity contribution >= 4 is 17.7 Å². The van der Waals surface area contributed by atoms with Gasteiger partial charge in [0.25, 0.3) is 0 Å². The van der Waals surface area contributed by atoms with Gasteiger partial charge in [-0.1, -0.05) is 17.8 Å². The fourth-order valence-electron chi connectivity index (χ4n) is 2.80. The maximum absolute atomic E-state index is 13.8. The van der Waals surface area contributed by atoms with Gasteiger partial charge >= 0.3 is 0 Å². The number of amides is 1. The van der Waals surface area contributed by atoms with Crippen LogP contribution in [0.1, 0.15) is 18.4 Å². The zero-order valence-corrected chi connectivity index (χ0v) is 16.1. The molecule has 2 aromatic rings. The van der Waals surface area contributed by atoms with Gasteiger partial charge in [-0.3, -0.25) is 4.79 Å². The standard InChI is InChI=1S/C17H22FN5O3S/c1-22(9-12-5-6-15(25-2)14(18)8-12)16(24)11-27-17-19-20-21-23(17)10-13-4-3-7-26-13/h5-6,8,13H,3-4,7,9-11H2,1-2H3. The summed E-state index contributed by atoms with van der Waals surface area (Å²) in [4.78, 5) is 13.9. The molecule has 10 heteroatoms. The van der Waals surface area contributed by atoms with E-state index in [0.717, 1.165) is 19.4 Å². The second-order valence-corrected chi connectivity index (χ2v) is 7.23. The van der Waals surface area contributed by atoms with Crippen molar-refractivity contribution in [3.8, 4) is 5.75 Å². The zero-order chi connectivity index (χ0) is 19.2. The average molecular weight is 395 g/mol. The number of hydrogen-bond donors (Lipinski definition) is 0. The summed E-state index contributed by atoms with van der Waals surface area (Å²) in [6.07, 6.45) is 2.16. The van der Waals surface area contributed by atoms with Crippen LogP contribution in [-0.4, -0.2) is 63.6 Å². The third kappa shape index (κ3) is 5.16. The molecule has 1 fully saturated rings. The molecule has 0 N–H and O–H groups in total. The molecule has 3 rings (SSSR count). The number of rotatable bonds is 8. The molecule has 0 spiro atoms. The molecule has 0 bridgehead atoms. The Morgan fingerprint density at radius 2 is 2.37 bits per heavy atom. The van der Waals surface area contributed by atoms with Gasteiger partial charge in [-0.05, 0) is 41.0 Å². The van der Waals surface area contributed by atoms with Crippen molar-refractivity contribution in [1.82, 2.24) is 25.1 Å². The predicted octanol–water partition coefficient (Wildman–Crippen LogP) is 1.75. The predicted molar refractivity (Wildman–Crippen MR) is 96.9 cm³/mol. The Hall–Kier alpha value is -2.20. The van der Waals surface area contributed by atoms with Crippen LogP contribution in [0.3, 0.4) is 0 Å². The Balaban J connectivity index is 1.51. The molecule has 1 unspecified atom stereocenters. The summed E-state index contributed by atoms with van der Waals surface area (Å²) in [6.45, 7) is 1.66. The lowest BCUT2D eigenvalue weighted by molar-refractivity contribution is -0.127. The quantitative estimate of drug-likeness (QED) is 0.630. The number of thioether (sulfide) groups is 1. The van der Waals surface area contributed by atoms with Crippen LogP contribution in [-0.2, 0) is 22.6 Å². The van der Waals surface area contributed by atoms with E-state index in [1.807, 2.05) is 0 Å². The SMILES string of the molecule is COc1ccc(CN(C)C(=O)CSc2nnnn2CC2CCCO2)cc1F. The topological polar surface area (TPSA) is 82.4 Å². The summed E-state index contributed by atoms with van der Waals surface area (Å²) in [7, 11) is 3.10. The van der Waals surface area contributed by atoms with Crippen molar-refractivity contribution in [1.29, 1.82) is 0 Å². The summed E-state index contributed by atoms with van der Waals surface area (Å²) >= 11 is 1.28. The highest BCUT2D eigenvalue weighted by Crippen LogP contribution is 2.20. The van der Waals surface area contributed by atoms with Crippen LogP contribution in [0, 0.1) is 5.82 Å². The van der Waals surface area contributed by atoms with E-state index in [1.165, 1.54) is 24.9 Å². The molecular formula is C17H22FN5O3S. The number of ether oxygens (including phenoxy) is 2. The van der Waals surface area contributed by atoms with Crippen LogP contribution >= 0.6 is 11.8 Å². The Morgan fingerprint density at radius 1 is 1.52 bits per heavy atom. The highest BCUT2D eigenvalue weighted by molar-refractivity contribution is 7.99. The maximum Gasteiger partial charge on any atom is 0.233 e. The molecule has 146 valence electrons. The first-order valence-corrected chi connectivity index (χ1v) is 9.62. The minimum absolute atomic E-state index is 0.0945. The van der Waals surface area contributed by atoms with Gasteiger partial charge in [-0.15, -0.1) is 5.10 Å². The Morgan fingerprint density at radius 3 is 3.07 bits per heavy atom. The van der Waals surface area contributed by atoms with Gasteiger partial charge in [-0.2, -0.15) is 0 Å². The lowest BCUT2D eigenvalue weighted by Crippen LogP contribution is -2.28. The van der Waals surface area contributed by atoms with Crippen molar-refractivity contribution in [3.63, 3.8) is 0 Å². The molecule has 1 aromatic heterocycles. The minimum Gasteiger partial charge on any atom is -0.494 e. The number of aromatic nitrogens is 4. The third-order valence-corrected chi connectivity index (χ3v) is 5.23. The molecule has 1 amide bonds. The molecule has 1 aliphatic heterocycles. The van der Waals surface area contributed by atoms with Gasteiger partial charge in [0.1, 0.15) is 0 Å².